The van der Waals surface area contributed by atoms with E-state index in [9.17, 15) is 9.59 Å². The van der Waals surface area contributed by atoms with Gasteiger partial charge in [-0.2, -0.15) is 5.10 Å². The average Bonchev–Trinajstić information content (AvgIpc) is 2.92. The smallest absolute Gasteiger partial charge is 0.343 e. The third-order valence-electron chi connectivity index (χ3n) is 3.97. The van der Waals surface area contributed by atoms with E-state index in [2.05, 4.69) is 24.3 Å². The molecule has 0 unspecified atom stereocenters. The number of ether oxygens (including phenoxy) is 1. The number of halogens is 1. The number of nitrogens with one attached hydrogen (secondary N) is 1. The Morgan fingerprint density at radius 2 is 1.92 bits per heavy atom. The molecule has 0 saturated carbocycles. The first kappa shape index (κ1) is 20.0. The van der Waals surface area contributed by atoms with Crippen LogP contribution >= 0.6 is 11.6 Å². The number of rotatable bonds is 8. The Kier molecular flexibility index (Phi) is 7.21. The molecule has 0 atom stereocenters. The molecular formula is C19H24ClN3O3. The molecule has 26 heavy (non-hydrogen) atoms. The van der Waals surface area contributed by atoms with Crippen LogP contribution in [0.2, 0.25) is 5.15 Å². The summed E-state index contributed by atoms with van der Waals surface area (Å²) in [5.74, 6) is -1.05. The van der Waals surface area contributed by atoms with Crippen LogP contribution < -0.4 is 5.32 Å². The Morgan fingerprint density at radius 1 is 1.23 bits per heavy atom. The minimum atomic E-state index is -0.647. The van der Waals surface area contributed by atoms with Crippen LogP contribution in [-0.2, 0) is 22.5 Å². The number of hydrogen-bond acceptors (Lipinski definition) is 4. The van der Waals surface area contributed by atoms with Gasteiger partial charge in [0.25, 0.3) is 5.91 Å². The van der Waals surface area contributed by atoms with Crippen molar-refractivity contribution in [2.75, 3.05) is 11.9 Å². The van der Waals surface area contributed by atoms with Crippen LogP contribution in [0.4, 0.5) is 5.69 Å². The highest BCUT2D eigenvalue weighted by Crippen LogP contribution is 2.21. The number of benzene rings is 1. The molecule has 0 aliphatic heterocycles. The maximum Gasteiger partial charge on any atom is 0.343 e. The maximum atomic E-state index is 12.3. The molecule has 1 heterocycles. The van der Waals surface area contributed by atoms with Crippen LogP contribution in [0.1, 0.15) is 48.3 Å². The molecule has 0 saturated heterocycles. The molecule has 0 aliphatic rings. The lowest BCUT2D eigenvalue weighted by atomic mass is 10.1. The van der Waals surface area contributed by atoms with Crippen molar-refractivity contribution in [1.29, 1.82) is 0 Å². The third kappa shape index (κ3) is 5.08. The molecule has 0 spiro atoms. The SMILES string of the molecule is CCCCn1nc(C)c(C(=O)OCC(=O)Nc2ccc(CC)cc2)c1Cl. The number of aromatic nitrogens is 2. The van der Waals surface area contributed by atoms with E-state index < -0.39 is 11.9 Å². The van der Waals surface area contributed by atoms with Gasteiger partial charge in [0.05, 0.1) is 5.69 Å². The van der Waals surface area contributed by atoms with Crippen molar-refractivity contribution in [3.8, 4) is 0 Å². The molecule has 0 bridgehead atoms. The molecule has 2 aromatic rings. The predicted octanol–water partition coefficient (Wildman–Crippen LogP) is 4.00. The highest BCUT2D eigenvalue weighted by Gasteiger charge is 2.22. The number of anilines is 1. The summed E-state index contributed by atoms with van der Waals surface area (Å²) >= 11 is 6.23. The van der Waals surface area contributed by atoms with Gasteiger partial charge < -0.3 is 10.1 Å². The summed E-state index contributed by atoms with van der Waals surface area (Å²) in [4.78, 5) is 24.3. The number of aryl methyl sites for hydroxylation is 3. The topological polar surface area (TPSA) is 73.2 Å². The highest BCUT2D eigenvalue weighted by atomic mass is 35.5. The Labute approximate surface area is 158 Å². The van der Waals surface area contributed by atoms with E-state index in [1.807, 2.05) is 24.3 Å². The van der Waals surface area contributed by atoms with E-state index in [0.717, 1.165) is 19.3 Å². The zero-order valence-corrected chi connectivity index (χ0v) is 16.1. The zero-order valence-electron chi connectivity index (χ0n) is 15.3. The van der Waals surface area contributed by atoms with Crippen LogP contribution in [0.25, 0.3) is 0 Å². The molecule has 1 aromatic heterocycles. The van der Waals surface area contributed by atoms with Crippen molar-refractivity contribution in [3.63, 3.8) is 0 Å². The van der Waals surface area contributed by atoms with Crippen molar-refractivity contribution >= 4 is 29.2 Å². The third-order valence-corrected chi connectivity index (χ3v) is 4.36. The lowest BCUT2D eigenvalue weighted by Gasteiger charge is -2.07. The molecular weight excluding hydrogens is 354 g/mol. The molecule has 0 fully saturated rings. The van der Waals surface area contributed by atoms with Crippen LogP contribution in [-0.4, -0.2) is 28.3 Å². The van der Waals surface area contributed by atoms with E-state index in [1.54, 1.807) is 11.6 Å². The van der Waals surface area contributed by atoms with Crippen molar-refractivity contribution in [3.05, 3.63) is 46.2 Å². The van der Waals surface area contributed by atoms with Gasteiger partial charge in [-0.3, -0.25) is 9.48 Å². The molecule has 1 aromatic carbocycles. The highest BCUT2D eigenvalue weighted by molar-refractivity contribution is 6.32. The van der Waals surface area contributed by atoms with Gasteiger partial charge in [0.15, 0.2) is 6.61 Å². The van der Waals surface area contributed by atoms with E-state index >= 15 is 0 Å². The lowest BCUT2D eigenvalue weighted by Crippen LogP contribution is -2.21. The average molecular weight is 378 g/mol. The summed E-state index contributed by atoms with van der Waals surface area (Å²) in [6, 6.07) is 7.51. The van der Waals surface area contributed by atoms with E-state index in [1.165, 1.54) is 5.56 Å². The number of nitrogens with zero attached hydrogens (tertiary/aromatic N) is 2. The summed E-state index contributed by atoms with van der Waals surface area (Å²) in [7, 11) is 0. The fraction of sp³-hybridized carbons (Fsp3) is 0.421. The van der Waals surface area contributed by atoms with E-state index in [-0.39, 0.29) is 17.3 Å². The zero-order chi connectivity index (χ0) is 19.1. The number of esters is 1. The molecule has 0 radical (unpaired) electrons. The number of amides is 1. The van der Waals surface area contributed by atoms with Gasteiger partial charge in [-0.15, -0.1) is 0 Å². The summed E-state index contributed by atoms with van der Waals surface area (Å²) in [6.07, 6.45) is 2.83. The molecule has 140 valence electrons. The van der Waals surface area contributed by atoms with Crippen molar-refractivity contribution < 1.29 is 14.3 Å². The minimum absolute atomic E-state index is 0.211. The maximum absolute atomic E-state index is 12.3. The quantitative estimate of drug-likeness (QED) is 0.705. The van der Waals surface area contributed by atoms with Gasteiger partial charge in [0, 0.05) is 12.2 Å². The lowest BCUT2D eigenvalue weighted by molar-refractivity contribution is -0.119. The summed E-state index contributed by atoms with van der Waals surface area (Å²) in [5, 5.41) is 7.20. The summed E-state index contributed by atoms with van der Waals surface area (Å²) < 4.78 is 6.69. The van der Waals surface area contributed by atoms with Gasteiger partial charge in [0.2, 0.25) is 0 Å². The second-order valence-electron chi connectivity index (χ2n) is 6.00. The minimum Gasteiger partial charge on any atom is -0.452 e. The van der Waals surface area contributed by atoms with Crippen molar-refractivity contribution in [2.45, 2.75) is 46.6 Å². The van der Waals surface area contributed by atoms with E-state index in [4.69, 9.17) is 16.3 Å². The molecule has 0 aliphatic carbocycles. The number of carbonyl (C=O) groups is 2. The first-order chi connectivity index (χ1) is 12.5. The Bertz CT molecular complexity index is 769. The van der Waals surface area contributed by atoms with Crippen LogP contribution in [0.15, 0.2) is 24.3 Å². The molecule has 1 amide bonds. The van der Waals surface area contributed by atoms with Crippen molar-refractivity contribution in [2.24, 2.45) is 0 Å². The fourth-order valence-electron chi connectivity index (χ4n) is 2.47. The largest absolute Gasteiger partial charge is 0.452 e. The monoisotopic (exact) mass is 377 g/mol. The molecule has 6 nitrogen and oxygen atoms in total. The second-order valence-corrected chi connectivity index (χ2v) is 6.36. The second kappa shape index (κ2) is 9.38. The van der Waals surface area contributed by atoms with E-state index in [0.29, 0.717) is 17.9 Å². The van der Waals surface area contributed by atoms with Gasteiger partial charge in [0.1, 0.15) is 10.7 Å². The fourth-order valence-corrected chi connectivity index (χ4v) is 2.80. The Balaban J connectivity index is 1.93. The van der Waals surface area contributed by atoms with Gasteiger partial charge in [-0.05, 0) is 37.5 Å². The number of carbonyl (C=O) groups excluding carboxylic acids is 2. The van der Waals surface area contributed by atoms with Crippen LogP contribution in [0, 0.1) is 6.92 Å². The van der Waals surface area contributed by atoms with Crippen LogP contribution in [0.3, 0.4) is 0 Å². The first-order valence-electron chi connectivity index (χ1n) is 8.75. The van der Waals surface area contributed by atoms with Gasteiger partial charge >= 0.3 is 5.97 Å². The Hall–Kier alpha value is -2.34. The van der Waals surface area contributed by atoms with Crippen molar-refractivity contribution in [1.82, 2.24) is 9.78 Å². The summed E-state index contributed by atoms with van der Waals surface area (Å²) in [5.41, 5.74) is 2.54. The standard InChI is InChI=1S/C19H24ClN3O3/c1-4-6-11-23-18(20)17(13(3)22-23)19(25)26-12-16(24)21-15-9-7-14(5-2)8-10-15/h7-10H,4-6,11-12H2,1-3H3,(H,21,24). The summed E-state index contributed by atoms with van der Waals surface area (Å²) in [6.45, 7) is 6.07. The molecule has 7 heteroatoms. The number of hydrogen-bond donors (Lipinski definition) is 1. The first-order valence-corrected chi connectivity index (χ1v) is 9.12. The Morgan fingerprint density at radius 3 is 2.54 bits per heavy atom. The van der Waals surface area contributed by atoms with Gasteiger partial charge in [-0.25, -0.2) is 4.79 Å². The normalized spacial score (nSPS) is 10.6. The molecule has 1 N–H and O–H groups in total. The molecule has 2 rings (SSSR count). The predicted molar refractivity (Wildman–Crippen MR) is 102 cm³/mol. The number of unbranched alkanes of at least 4 members (excludes halogenated alkanes) is 1. The van der Waals surface area contributed by atoms with Crippen LogP contribution in [0.5, 0.6) is 0 Å². The van der Waals surface area contributed by atoms with Gasteiger partial charge in [-0.1, -0.05) is 44.0 Å².